The van der Waals surface area contributed by atoms with Gasteiger partial charge in [0.2, 0.25) is 5.91 Å². The normalized spacial score (nSPS) is 11.7. The summed E-state index contributed by atoms with van der Waals surface area (Å²) in [5, 5.41) is 11.0. The van der Waals surface area contributed by atoms with Crippen molar-refractivity contribution < 1.29 is 19.5 Å². The van der Waals surface area contributed by atoms with Crippen molar-refractivity contribution in [3.8, 4) is 5.75 Å². The molecule has 1 aromatic carbocycles. The first-order chi connectivity index (χ1) is 12.6. The molecule has 0 aliphatic rings. The number of unbranched alkanes of at least 4 members (excludes halogenated alkanes) is 6. The van der Waals surface area contributed by atoms with Crippen LogP contribution in [0.1, 0.15) is 63.9 Å². The molecular weight excluding hydrogens is 332 g/mol. The number of aryl methyl sites for hydroxylation is 1. The van der Waals surface area contributed by atoms with Gasteiger partial charge in [-0.15, -0.1) is 0 Å². The third-order valence-electron chi connectivity index (χ3n) is 4.41. The molecule has 3 N–H and O–H groups in total. The van der Waals surface area contributed by atoms with Crippen LogP contribution >= 0.6 is 0 Å². The van der Waals surface area contributed by atoms with Gasteiger partial charge in [0.1, 0.15) is 11.8 Å². The van der Waals surface area contributed by atoms with E-state index in [0.29, 0.717) is 6.42 Å². The molecule has 0 aromatic heterocycles. The van der Waals surface area contributed by atoms with Crippen LogP contribution in [0.3, 0.4) is 0 Å². The van der Waals surface area contributed by atoms with E-state index in [1.807, 2.05) is 12.1 Å². The Morgan fingerprint density at radius 1 is 1.00 bits per heavy atom. The third-order valence-corrected chi connectivity index (χ3v) is 4.41. The van der Waals surface area contributed by atoms with Gasteiger partial charge in [0.05, 0.1) is 7.11 Å². The highest BCUT2D eigenvalue weighted by atomic mass is 16.5. The maximum absolute atomic E-state index is 11.6. The molecule has 0 radical (unpaired) electrons. The lowest BCUT2D eigenvalue weighted by atomic mass is 10.0. The summed E-state index contributed by atoms with van der Waals surface area (Å²) in [7, 11) is 1.68. The maximum Gasteiger partial charge on any atom is 0.265 e. The minimum Gasteiger partial charge on any atom is -0.497 e. The number of hydroxylamine groups is 1. The molecule has 1 aromatic rings. The van der Waals surface area contributed by atoms with E-state index in [1.165, 1.54) is 43.7 Å². The lowest BCUT2D eigenvalue weighted by Gasteiger charge is -2.11. The van der Waals surface area contributed by atoms with Gasteiger partial charge in [-0.2, -0.15) is 0 Å². The minimum atomic E-state index is -0.710. The highest BCUT2D eigenvalue weighted by molar-refractivity contribution is 5.86. The van der Waals surface area contributed by atoms with Gasteiger partial charge < -0.3 is 10.1 Å². The van der Waals surface area contributed by atoms with Crippen LogP contribution in [0.4, 0.5) is 0 Å². The van der Waals surface area contributed by atoms with Crippen molar-refractivity contribution in [2.45, 2.75) is 70.8 Å². The second kappa shape index (κ2) is 13.2. The molecule has 6 heteroatoms. The Morgan fingerprint density at radius 3 is 2.15 bits per heavy atom. The predicted molar refractivity (Wildman–Crippen MR) is 101 cm³/mol. The Balaban J connectivity index is 1.95. The molecule has 0 spiro atoms. The lowest BCUT2D eigenvalue weighted by molar-refractivity contribution is -0.134. The van der Waals surface area contributed by atoms with Crippen molar-refractivity contribution in [1.82, 2.24) is 10.8 Å². The van der Waals surface area contributed by atoms with Crippen LogP contribution in [0.25, 0.3) is 0 Å². The summed E-state index contributed by atoms with van der Waals surface area (Å²) in [6.07, 6.45) is 9.31. The second-order valence-electron chi connectivity index (χ2n) is 6.59. The van der Waals surface area contributed by atoms with Crippen LogP contribution in [0.15, 0.2) is 24.3 Å². The molecule has 0 fully saturated rings. The van der Waals surface area contributed by atoms with Crippen molar-refractivity contribution in [2.75, 3.05) is 7.11 Å². The number of rotatable bonds is 13. The molecule has 0 heterocycles. The summed E-state index contributed by atoms with van der Waals surface area (Å²) in [4.78, 5) is 22.7. The van der Waals surface area contributed by atoms with Crippen LogP contribution < -0.4 is 15.5 Å². The summed E-state index contributed by atoms with van der Waals surface area (Å²) in [5.74, 6) is 0.141. The largest absolute Gasteiger partial charge is 0.497 e. The monoisotopic (exact) mass is 364 g/mol. The average Bonchev–Trinajstić information content (AvgIpc) is 2.66. The summed E-state index contributed by atoms with van der Waals surface area (Å²) < 4.78 is 5.16. The zero-order valence-electron chi connectivity index (χ0n) is 15.9. The first-order valence-electron chi connectivity index (χ1n) is 9.43. The fourth-order valence-electron chi connectivity index (χ4n) is 2.77. The Morgan fingerprint density at radius 2 is 1.58 bits per heavy atom. The number of methoxy groups -OCH3 is 1. The van der Waals surface area contributed by atoms with Crippen LogP contribution in [-0.2, 0) is 16.0 Å². The molecule has 1 rings (SSSR count). The van der Waals surface area contributed by atoms with Gasteiger partial charge in [-0.3, -0.25) is 14.8 Å². The molecule has 0 bridgehead atoms. The van der Waals surface area contributed by atoms with E-state index in [-0.39, 0.29) is 5.91 Å². The topological polar surface area (TPSA) is 87.7 Å². The number of hydrogen-bond acceptors (Lipinski definition) is 4. The summed E-state index contributed by atoms with van der Waals surface area (Å²) >= 11 is 0. The van der Waals surface area contributed by atoms with Crippen molar-refractivity contribution in [3.05, 3.63) is 29.8 Å². The molecule has 26 heavy (non-hydrogen) atoms. The SMILES string of the molecule is COc1ccc(CCCCCCCCCC(=O)NC(C)C(=O)NO)cc1. The van der Waals surface area contributed by atoms with Gasteiger partial charge in [-0.25, -0.2) is 5.48 Å². The van der Waals surface area contributed by atoms with E-state index in [9.17, 15) is 9.59 Å². The van der Waals surface area contributed by atoms with Crippen LogP contribution in [0.2, 0.25) is 0 Å². The lowest BCUT2D eigenvalue weighted by Crippen LogP contribution is -2.43. The summed E-state index contributed by atoms with van der Waals surface area (Å²) in [5.41, 5.74) is 2.88. The minimum absolute atomic E-state index is 0.152. The van der Waals surface area contributed by atoms with Gasteiger partial charge in [0.25, 0.3) is 5.91 Å². The van der Waals surface area contributed by atoms with Crippen molar-refractivity contribution in [2.24, 2.45) is 0 Å². The Labute approximate surface area is 156 Å². The van der Waals surface area contributed by atoms with E-state index in [2.05, 4.69) is 17.4 Å². The number of carbonyl (C=O) groups excluding carboxylic acids is 2. The zero-order valence-corrected chi connectivity index (χ0v) is 15.9. The predicted octanol–water partition coefficient (Wildman–Crippen LogP) is 3.37. The van der Waals surface area contributed by atoms with Gasteiger partial charge in [0, 0.05) is 6.42 Å². The first kappa shape index (κ1) is 22.0. The Hall–Kier alpha value is -2.08. The number of benzene rings is 1. The Kier molecular flexibility index (Phi) is 11.1. The molecule has 1 atom stereocenters. The summed E-state index contributed by atoms with van der Waals surface area (Å²) in [6, 6.07) is 7.53. The number of hydrogen-bond donors (Lipinski definition) is 3. The van der Waals surface area contributed by atoms with E-state index in [0.717, 1.165) is 31.4 Å². The molecule has 0 aliphatic carbocycles. The number of carbonyl (C=O) groups is 2. The third kappa shape index (κ3) is 9.42. The van der Waals surface area contributed by atoms with Gasteiger partial charge in [0.15, 0.2) is 0 Å². The number of amides is 2. The fraction of sp³-hybridized carbons (Fsp3) is 0.600. The molecule has 1 unspecified atom stereocenters. The number of nitrogens with one attached hydrogen (secondary N) is 2. The smallest absolute Gasteiger partial charge is 0.265 e. The standard InChI is InChI=1S/C20H32N2O4/c1-16(20(24)22-25)21-19(23)11-9-7-5-3-4-6-8-10-17-12-14-18(26-2)15-13-17/h12-16,25H,3-11H2,1-2H3,(H,21,23)(H,22,24). The van der Waals surface area contributed by atoms with Gasteiger partial charge in [-0.1, -0.05) is 44.2 Å². The highest BCUT2D eigenvalue weighted by Crippen LogP contribution is 2.15. The van der Waals surface area contributed by atoms with E-state index in [4.69, 9.17) is 9.94 Å². The molecule has 2 amide bonds. The zero-order chi connectivity index (χ0) is 19.2. The Bertz CT molecular complexity index is 531. The summed E-state index contributed by atoms with van der Waals surface area (Å²) in [6.45, 7) is 1.54. The quantitative estimate of drug-likeness (QED) is 0.284. The molecule has 0 saturated carbocycles. The molecule has 146 valence electrons. The molecular formula is C20H32N2O4. The number of ether oxygens (including phenoxy) is 1. The first-order valence-corrected chi connectivity index (χ1v) is 9.43. The van der Waals surface area contributed by atoms with E-state index >= 15 is 0 Å². The van der Waals surface area contributed by atoms with Crippen LogP contribution in [0, 0.1) is 0 Å². The van der Waals surface area contributed by atoms with E-state index < -0.39 is 11.9 Å². The van der Waals surface area contributed by atoms with E-state index in [1.54, 1.807) is 7.11 Å². The molecule has 0 aliphatic heterocycles. The van der Waals surface area contributed by atoms with Gasteiger partial charge in [-0.05, 0) is 43.9 Å². The average molecular weight is 364 g/mol. The highest BCUT2D eigenvalue weighted by Gasteiger charge is 2.13. The van der Waals surface area contributed by atoms with Crippen LogP contribution in [0.5, 0.6) is 5.75 Å². The second-order valence-corrected chi connectivity index (χ2v) is 6.59. The van der Waals surface area contributed by atoms with Gasteiger partial charge >= 0.3 is 0 Å². The van der Waals surface area contributed by atoms with Crippen molar-refractivity contribution >= 4 is 11.8 Å². The fourth-order valence-corrected chi connectivity index (χ4v) is 2.77. The molecule has 6 nitrogen and oxygen atoms in total. The maximum atomic E-state index is 11.6. The molecule has 0 saturated heterocycles. The van der Waals surface area contributed by atoms with Crippen LogP contribution in [-0.4, -0.2) is 30.2 Å². The van der Waals surface area contributed by atoms with Crippen molar-refractivity contribution in [3.63, 3.8) is 0 Å². The van der Waals surface area contributed by atoms with Crippen molar-refractivity contribution in [1.29, 1.82) is 0 Å².